The number of rotatable bonds is 3. The summed E-state index contributed by atoms with van der Waals surface area (Å²) in [5.41, 5.74) is 0.403. The first-order chi connectivity index (χ1) is 7.71. The summed E-state index contributed by atoms with van der Waals surface area (Å²) < 4.78 is 0. The Labute approximate surface area is 97.6 Å². The van der Waals surface area contributed by atoms with E-state index in [1.807, 2.05) is 11.9 Å². The number of hydrogen-bond donors (Lipinski definition) is 1. The second-order valence-corrected chi connectivity index (χ2v) is 6.03. The Morgan fingerprint density at radius 3 is 2.69 bits per heavy atom. The molecule has 0 radical (unpaired) electrons. The Morgan fingerprint density at radius 1 is 1.38 bits per heavy atom. The first-order valence-corrected chi connectivity index (χ1v) is 6.67. The monoisotopic (exact) mass is 222 g/mol. The molecule has 2 saturated carbocycles. The van der Waals surface area contributed by atoms with Crippen LogP contribution in [-0.2, 0) is 4.79 Å². The van der Waals surface area contributed by atoms with Gasteiger partial charge in [0.1, 0.15) is 0 Å². The molecule has 2 aliphatic carbocycles. The van der Waals surface area contributed by atoms with Gasteiger partial charge in [0.05, 0.1) is 0 Å². The zero-order chi connectivity index (χ0) is 11.2. The van der Waals surface area contributed by atoms with E-state index in [0.717, 1.165) is 32.0 Å². The summed E-state index contributed by atoms with van der Waals surface area (Å²) in [6.07, 6.45) is 6.23. The first-order valence-electron chi connectivity index (χ1n) is 6.67. The van der Waals surface area contributed by atoms with E-state index < -0.39 is 0 Å². The van der Waals surface area contributed by atoms with Gasteiger partial charge in [0.2, 0.25) is 5.91 Å². The van der Waals surface area contributed by atoms with Gasteiger partial charge in [0, 0.05) is 19.5 Å². The maximum Gasteiger partial charge on any atom is 0.226 e. The molecule has 3 fully saturated rings. The highest BCUT2D eigenvalue weighted by Crippen LogP contribution is 2.59. The van der Waals surface area contributed by atoms with Gasteiger partial charge in [-0.2, -0.15) is 0 Å². The molecular formula is C13H22N2O. The molecule has 1 atom stereocenters. The van der Waals surface area contributed by atoms with Crippen LogP contribution in [0.4, 0.5) is 0 Å². The van der Waals surface area contributed by atoms with Crippen molar-refractivity contribution >= 4 is 5.91 Å². The highest BCUT2D eigenvalue weighted by atomic mass is 16.2. The Morgan fingerprint density at radius 2 is 2.06 bits per heavy atom. The lowest BCUT2D eigenvalue weighted by Gasteiger charge is -2.25. The topological polar surface area (TPSA) is 32.3 Å². The van der Waals surface area contributed by atoms with Crippen LogP contribution in [0, 0.1) is 17.3 Å². The summed E-state index contributed by atoms with van der Waals surface area (Å²) in [5, 5.41) is 3.39. The number of carbonyl (C=O) groups is 1. The maximum absolute atomic E-state index is 12.2. The Kier molecular flexibility index (Phi) is 2.46. The van der Waals surface area contributed by atoms with Crippen molar-refractivity contribution in [3.63, 3.8) is 0 Å². The smallest absolute Gasteiger partial charge is 0.226 e. The molecule has 1 amide bonds. The molecule has 1 heterocycles. The van der Waals surface area contributed by atoms with Crippen molar-refractivity contribution in [1.29, 1.82) is 0 Å². The number of nitrogens with zero attached hydrogens (tertiary/aromatic N) is 1. The van der Waals surface area contributed by atoms with Crippen LogP contribution in [0.3, 0.4) is 0 Å². The largest absolute Gasteiger partial charge is 0.345 e. The third kappa shape index (κ3) is 1.86. The van der Waals surface area contributed by atoms with Gasteiger partial charge in [-0.25, -0.2) is 0 Å². The normalized spacial score (nSPS) is 31.4. The minimum atomic E-state index is 0.360. The number of piperidine rings is 1. The van der Waals surface area contributed by atoms with Crippen molar-refractivity contribution in [3.05, 3.63) is 0 Å². The number of amides is 1. The predicted molar refractivity (Wildman–Crippen MR) is 63.0 cm³/mol. The van der Waals surface area contributed by atoms with E-state index in [4.69, 9.17) is 0 Å². The van der Waals surface area contributed by atoms with Gasteiger partial charge in [-0.15, -0.1) is 0 Å². The van der Waals surface area contributed by atoms with E-state index in [0.29, 0.717) is 17.2 Å². The Hall–Kier alpha value is -0.570. The van der Waals surface area contributed by atoms with Gasteiger partial charge in [-0.1, -0.05) is 0 Å². The molecule has 0 aromatic heterocycles. The van der Waals surface area contributed by atoms with Gasteiger partial charge in [-0.05, 0) is 56.5 Å². The summed E-state index contributed by atoms with van der Waals surface area (Å²) in [6, 6.07) is 0. The van der Waals surface area contributed by atoms with Crippen LogP contribution < -0.4 is 5.32 Å². The minimum absolute atomic E-state index is 0.360. The molecule has 3 rings (SSSR count). The zero-order valence-electron chi connectivity index (χ0n) is 10.2. The summed E-state index contributed by atoms with van der Waals surface area (Å²) in [7, 11) is 1.99. The fourth-order valence-corrected chi connectivity index (χ4v) is 3.22. The first kappa shape index (κ1) is 10.6. The molecule has 3 aliphatic rings. The molecule has 16 heavy (non-hydrogen) atoms. The lowest BCUT2D eigenvalue weighted by atomic mass is 9.91. The lowest BCUT2D eigenvalue weighted by molar-refractivity contribution is -0.132. The fraction of sp³-hybridized carbons (Fsp3) is 0.923. The molecule has 1 unspecified atom stereocenters. The number of nitrogens with one attached hydrogen (secondary N) is 1. The van der Waals surface area contributed by atoms with Crippen molar-refractivity contribution in [2.24, 2.45) is 17.3 Å². The zero-order valence-corrected chi connectivity index (χ0v) is 10.2. The minimum Gasteiger partial charge on any atom is -0.345 e. The highest BCUT2D eigenvalue weighted by molar-refractivity contribution is 5.82. The standard InChI is InChI=1S/C13H22N2O/c1-15(9-10-2-3-10)12(16)11-8-13(11)4-6-14-7-5-13/h10-11,14H,2-9H2,1H3. The van der Waals surface area contributed by atoms with Crippen LogP contribution in [-0.4, -0.2) is 37.5 Å². The highest BCUT2D eigenvalue weighted by Gasteiger charge is 2.58. The average molecular weight is 222 g/mol. The molecular weight excluding hydrogens is 200 g/mol. The van der Waals surface area contributed by atoms with Gasteiger partial charge >= 0.3 is 0 Å². The molecule has 1 saturated heterocycles. The van der Waals surface area contributed by atoms with E-state index in [-0.39, 0.29) is 0 Å². The van der Waals surface area contributed by atoms with Crippen LogP contribution in [0.15, 0.2) is 0 Å². The fourth-order valence-electron chi connectivity index (χ4n) is 3.22. The summed E-state index contributed by atoms with van der Waals surface area (Å²) in [5.74, 6) is 1.60. The number of hydrogen-bond acceptors (Lipinski definition) is 2. The predicted octanol–water partition coefficient (Wildman–Crippen LogP) is 1.24. The van der Waals surface area contributed by atoms with Crippen molar-refractivity contribution < 1.29 is 4.79 Å². The second-order valence-electron chi connectivity index (χ2n) is 6.03. The molecule has 0 bridgehead atoms. The van der Waals surface area contributed by atoms with E-state index in [1.54, 1.807) is 0 Å². The average Bonchev–Trinajstić information content (AvgIpc) is 3.18. The van der Waals surface area contributed by atoms with Gasteiger partial charge in [-0.3, -0.25) is 4.79 Å². The van der Waals surface area contributed by atoms with Gasteiger partial charge in [0.15, 0.2) is 0 Å². The van der Waals surface area contributed by atoms with E-state index in [9.17, 15) is 4.79 Å². The molecule has 90 valence electrons. The van der Waals surface area contributed by atoms with E-state index >= 15 is 0 Å². The molecule has 3 nitrogen and oxygen atoms in total. The van der Waals surface area contributed by atoms with E-state index in [2.05, 4.69) is 5.32 Å². The lowest BCUT2D eigenvalue weighted by Crippen LogP contribution is -2.35. The van der Waals surface area contributed by atoms with Crippen molar-refractivity contribution in [2.75, 3.05) is 26.7 Å². The summed E-state index contributed by atoms with van der Waals surface area (Å²) in [4.78, 5) is 14.2. The molecule has 1 aliphatic heterocycles. The third-order valence-corrected chi connectivity index (χ3v) is 4.69. The molecule has 3 heteroatoms. The van der Waals surface area contributed by atoms with Crippen molar-refractivity contribution in [3.8, 4) is 0 Å². The molecule has 0 aromatic carbocycles. The quantitative estimate of drug-likeness (QED) is 0.779. The maximum atomic E-state index is 12.2. The summed E-state index contributed by atoms with van der Waals surface area (Å²) in [6.45, 7) is 3.22. The molecule has 0 aromatic rings. The van der Waals surface area contributed by atoms with Crippen molar-refractivity contribution in [2.45, 2.75) is 32.1 Å². The van der Waals surface area contributed by atoms with Crippen LogP contribution in [0.25, 0.3) is 0 Å². The Balaban J connectivity index is 1.55. The molecule has 1 spiro atoms. The van der Waals surface area contributed by atoms with E-state index in [1.165, 1.54) is 25.7 Å². The van der Waals surface area contributed by atoms with Crippen molar-refractivity contribution in [1.82, 2.24) is 10.2 Å². The second kappa shape index (κ2) is 3.73. The molecule has 1 N–H and O–H groups in total. The SMILES string of the molecule is CN(CC1CC1)C(=O)C1CC12CCNCC2. The van der Waals surface area contributed by atoms with Crippen LogP contribution in [0.1, 0.15) is 32.1 Å². The summed E-state index contributed by atoms with van der Waals surface area (Å²) >= 11 is 0. The van der Waals surface area contributed by atoms with Gasteiger partial charge < -0.3 is 10.2 Å². The number of carbonyl (C=O) groups excluding carboxylic acids is 1. The van der Waals surface area contributed by atoms with Gasteiger partial charge in [0.25, 0.3) is 0 Å². The van der Waals surface area contributed by atoms with Crippen LogP contribution in [0.2, 0.25) is 0 Å². The van der Waals surface area contributed by atoms with Crippen LogP contribution in [0.5, 0.6) is 0 Å². The third-order valence-electron chi connectivity index (χ3n) is 4.69. The Bertz CT molecular complexity index is 292. The van der Waals surface area contributed by atoms with Crippen LogP contribution >= 0.6 is 0 Å².